The molecule has 1 heterocycles. The Morgan fingerprint density at radius 3 is 3.06 bits per heavy atom. The first-order valence-corrected chi connectivity index (χ1v) is 7.42. The second-order valence-corrected chi connectivity index (χ2v) is 5.92. The Hall–Kier alpha value is -1.19. The normalized spacial score (nSPS) is 16.7. The molecule has 0 bridgehead atoms. The first kappa shape index (κ1) is 11.9. The molecule has 0 amide bonds. The molecular weight excluding hydrogens is 240 g/mol. The Balaban J connectivity index is 1.60. The lowest BCUT2D eigenvalue weighted by molar-refractivity contribution is 0.571. The second-order valence-electron chi connectivity index (χ2n) is 4.99. The Labute approximate surface area is 112 Å². The van der Waals surface area contributed by atoms with Gasteiger partial charge in [-0.15, -0.1) is 11.3 Å². The van der Waals surface area contributed by atoms with Crippen LogP contribution in [0.3, 0.4) is 0 Å². The summed E-state index contributed by atoms with van der Waals surface area (Å²) in [7, 11) is 0. The van der Waals surface area contributed by atoms with Crippen molar-refractivity contribution in [2.75, 3.05) is 0 Å². The third kappa shape index (κ3) is 2.79. The first-order valence-electron chi connectivity index (χ1n) is 6.54. The third-order valence-corrected chi connectivity index (χ3v) is 4.39. The van der Waals surface area contributed by atoms with Crippen molar-refractivity contribution in [2.24, 2.45) is 0 Å². The molecule has 1 saturated carbocycles. The first-order chi connectivity index (χ1) is 8.83. The van der Waals surface area contributed by atoms with Gasteiger partial charge in [0.05, 0.1) is 6.04 Å². The van der Waals surface area contributed by atoms with Crippen molar-refractivity contribution in [2.45, 2.75) is 38.3 Å². The summed E-state index contributed by atoms with van der Waals surface area (Å²) in [6.45, 7) is 3.09. The van der Waals surface area contributed by atoms with Crippen LogP contribution in [0, 0.1) is 0 Å². The summed E-state index contributed by atoms with van der Waals surface area (Å²) >= 11 is 1.71. The zero-order chi connectivity index (χ0) is 12.4. The molecule has 18 heavy (non-hydrogen) atoms. The van der Waals surface area contributed by atoms with Crippen molar-refractivity contribution in [3.63, 3.8) is 0 Å². The van der Waals surface area contributed by atoms with Crippen molar-refractivity contribution in [1.82, 2.24) is 10.3 Å². The summed E-state index contributed by atoms with van der Waals surface area (Å²) in [5.41, 5.74) is 2.89. The van der Waals surface area contributed by atoms with Gasteiger partial charge >= 0.3 is 0 Å². The van der Waals surface area contributed by atoms with Crippen LogP contribution in [0.1, 0.15) is 47.9 Å². The maximum Gasteiger partial charge on any atom is 0.109 e. The molecule has 2 aromatic rings. The van der Waals surface area contributed by atoms with Gasteiger partial charge in [-0.3, -0.25) is 0 Å². The summed E-state index contributed by atoms with van der Waals surface area (Å²) < 4.78 is 0. The number of hydrogen-bond acceptors (Lipinski definition) is 3. The van der Waals surface area contributed by atoms with Gasteiger partial charge in [0, 0.05) is 18.1 Å². The van der Waals surface area contributed by atoms with Crippen LogP contribution in [-0.4, -0.2) is 4.98 Å². The van der Waals surface area contributed by atoms with Gasteiger partial charge in [-0.1, -0.05) is 24.3 Å². The minimum atomic E-state index is 0.328. The van der Waals surface area contributed by atoms with Crippen LogP contribution in [0.15, 0.2) is 35.8 Å². The standard InChI is InChI=1S/C15H18N2S/c1-11(15-16-7-8-18-15)17-10-12-3-2-4-14(9-12)13-5-6-13/h2-4,7-9,11,13,17H,5-6,10H2,1H3. The van der Waals surface area contributed by atoms with Crippen molar-refractivity contribution < 1.29 is 0 Å². The highest BCUT2D eigenvalue weighted by Crippen LogP contribution is 2.40. The predicted octanol–water partition coefficient (Wildman–Crippen LogP) is 3.87. The molecule has 0 aliphatic heterocycles. The van der Waals surface area contributed by atoms with Crippen LogP contribution in [0.5, 0.6) is 0 Å². The minimum Gasteiger partial charge on any atom is -0.304 e. The Morgan fingerprint density at radius 1 is 1.44 bits per heavy atom. The summed E-state index contributed by atoms with van der Waals surface area (Å²) in [5.74, 6) is 0.835. The van der Waals surface area contributed by atoms with E-state index in [1.165, 1.54) is 24.0 Å². The highest BCUT2D eigenvalue weighted by molar-refractivity contribution is 7.09. The molecule has 1 fully saturated rings. The lowest BCUT2D eigenvalue weighted by Crippen LogP contribution is -2.17. The van der Waals surface area contributed by atoms with E-state index in [0.29, 0.717) is 6.04 Å². The summed E-state index contributed by atoms with van der Waals surface area (Å²) in [6, 6.07) is 9.31. The maximum atomic E-state index is 4.34. The van der Waals surface area contributed by atoms with Crippen molar-refractivity contribution in [3.05, 3.63) is 52.0 Å². The molecule has 3 heteroatoms. The van der Waals surface area contributed by atoms with Crippen molar-refractivity contribution >= 4 is 11.3 Å². The molecule has 0 saturated heterocycles. The van der Waals surface area contributed by atoms with Crippen LogP contribution in [0.2, 0.25) is 0 Å². The summed E-state index contributed by atoms with van der Waals surface area (Å²) in [5, 5.41) is 6.73. The number of benzene rings is 1. The zero-order valence-corrected chi connectivity index (χ0v) is 11.4. The molecule has 1 aromatic carbocycles. The fraction of sp³-hybridized carbons (Fsp3) is 0.400. The highest BCUT2D eigenvalue weighted by atomic mass is 32.1. The van der Waals surface area contributed by atoms with E-state index in [0.717, 1.165) is 17.5 Å². The molecule has 1 aliphatic rings. The quantitative estimate of drug-likeness (QED) is 0.880. The molecule has 0 spiro atoms. The summed E-state index contributed by atoms with van der Waals surface area (Å²) in [4.78, 5) is 4.34. The number of thiazole rings is 1. The third-order valence-electron chi connectivity index (χ3n) is 3.43. The number of nitrogens with one attached hydrogen (secondary N) is 1. The average Bonchev–Trinajstić information content (AvgIpc) is 3.11. The van der Waals surface area contributed by atoms with Gasteiger partial charge in [0.1, 0.15) is 5.01 Å². The molecule has 1 aromatic heterocycles. The molecule has 1 aliphatic carbocycles. The fourth-order valence-electron chi connectivity index (χ4n) is 2.18. The van der Waals surface area contributed by atoms with Crippen LogP contribution >= 0.6 is 11.3 Å². The highest BCUT2D eigenvalue weighted by Gasteiger charge is 2.23. The average molecular weight is 258 g/mol. The molecule has 2 nitrogen and oxygen atoms in total. The molecule has 94 valence electrons. The zero-order valence-electron chi connectivity index (χ0n) is 10.6. The molecule has 3 rings (SSSR count). The molecular formula is C15H18N2S. The van der Waals surface area contributed by atoms with Crippen LogP contribution in [0.25, 0.3) is 0 Å². The molecule has 1 N–H and O–H groups in total. The van der Waals surface area contributed by atoms with Gasteiger partial charge in [0.15, 0.2) is 0 Å². The number of nitrogens with zero attached hydrogens (tertiary/aromatic N) is 1. The fourth-order valence-corrected chi connectivity index (χ4v) is 2.85. The van der Waals surface area contributed by atoms with Crippen LogP contribution < -0.4 is 5.32 Å². The van der Waals surface area contributed by atoms with Crippen LogP contribution in [0.4, 0.5) is 0 Å². The van der Waals surface area contributed by atoms with Crippen LogP contribution in [-0.2, 0) is 6.54 Å². The smallest absolute Gasteiger partial charge is 0.109 e. The number of rotatable bonds is 5. The number of hydrogen-bond donors (Lipinski definition) is 1. The Bertz CT molecular complexity index is 503. The molecule has 1 unspecified atom stereocenters. The SMILES string of the molecule is CC(NCc1cccc(C2CC2)c1)c1nccs1. The monoisotopic (exact) mass is 258 g/mol. The lowest BCUT2D eigenvalue weighted by atomic mass is 10.1. The summed E-state index contributed by atoms with van der Waals surface area (Å²) in [6.07, 6.45) is 4.60. The van der Waals surface area contributed by atoms with E-state index < -0.39 is 0 Å². The minimum absolute atomic E-state index is 0.328. The number of aromatic nitrogens is 1. The van der Waals surface area contributed by atoms with E-state index in [9.17, 15) is 0 Å². The van der Waals surface area contributed by atoms with E-state index >= 15 is 0 Å². The van der Waals surface area contributed by atoms with E-state index in [2.05, 4.69) is 41.5 Å². The topological polar surface area (TPSA) is 24.9 Å². The van der Waals surface area contributed by atoms with E-state index in [1.807, 2.05) is 11.6 Å². The molecule has 0 radical (unpaired) electrons. The van der Waals surface area contributed by atoms with Gasteiger partial charge in [-0.25, -0.2) is 4.98 Å². The predicted molar refractivity (Wildman–Crippen MR) is 75.8 cm³/mol. The Kier molecular flexibility index (Phi) is 3.43. The van der Waals surface area contributed by atoms with Gasteiger partial charge < -0.3 is 5.32 Å². The van der Waals surface area contributed by atoms with E-state index in [1.54, 1.807) is 11.3 Å². The second kappa shape index (κ2) is 5.21. The van der Waals surface area contributed by atoms with Gasteiger partial charge in [0.25, 0.3) is 0 Å². The van der Waals surface area contributed by atoms with Crippen molar-refractivity contribution in [1.29, 1.82) is 0 Å². The Morgan fingerprint density at radius 2 is 2.33 bits per heavy atom. The van der Waals surface area contributed by atoms with Gasteiger partial charge in [-0.05, 0) is 36.8 Å². The van der Waals surface area contributed by atoms with Crippen molar-refractivity contribution in [3.8, 4) is 0 Å². The van der Waals surface area contributed by atoms with Gasteiger partial charge in [-0.2, -0.15) is 0 Å². The van der Waals surface area contributed by atoms with E-state index in [4.69, 9.17) is 0 Å². The molecule has 1 atom stereocenters. The largest absolute Gasteiger partial charge is 0.304 e. The maximum absolute atomic E-state index is 4.34. The lowest BCUT2D eigenvalue weighted by Gasteiger charge is -2.11. The van der Waals surface area contributed by atoms with E-state index in [-0.39, 0.29) is 0 Å². The van der Waals surface area contributed by atoms with Gasteiger partial charge in [0.2, 0.25) is 0 Å².